The molecule has 2 heterocycles. The molecule has 1 aliphatic heterocycles. The first kappa shape index (κ1) is 15.5. The van der Waals surface area contributed by atoms with E-state index < -0.39 is 0 Å². The average Bonchev–Trinajstić information content (AvgIpc) is 2.59. The maximum Gasteiger partial charge on any atom is 0.0268 e. The second-order valence-electron chi connectivity index (χ2n) is 5.31. The van der Waals surface area contributed by atoms with Gasteiger partial charge >= 0.3 is 0 Å². The van der Waals surface area contributed by atoms with Gasteiger partial charge in [0.1, 0.15) is 0 Å². The van der Waals surface area contributed by atoms with E-state index in [4.69, 9.17) is 0 Å². The van der Waals surface area contributed by atoms with E-state index >= 15 is 0 Å². The molecule has 0 amide bonds. The van der Waals surface area contributed by atoms with Crippen LogP contribution in [-0.4, -0.2) is 5.71 Å². The second-order valence-corrected chi connectivity index (χ2v) is 6.22. The molecule has 1 aromatic rings. The normalized spacial score (nSPS) is 19.3. The lowest BCUT2D eigenvalue weighted by molar-refractivity contribution is 0.656. The van der Waals surface area contributed by atoms with Gasteiger partial charge in [-0.05, 0) is 55.2 Å². The van der Waals surface area contributed by atoms with Crippen molar-refractivity contribution in [3.05, 3.63) is 33.2 Å². The summed E-state index contributed by atoms with van der Waals surface area (Å²) < 4.78 is 0. The SMILES string of the molecule is CC1=NC=C(C(C)C)C(c2scc(C)c2C)C1.Cl. The van der Waals surface area contributed by atoms with Crippen molar-refractivity contribution in [2.24, 2.45) is 10.9 Å². The van der Waals surface area contributed by atoms with Crippen LogP contribution in [0.25, 0.3) is 0 Å². The fraction of sp³-hybridized carbons (Fsp3) is 0.533. The number of rotatable bonds is 2. The number of aliphatic imine (C=N–C) groups is 1. The van der Waals surface area contributed by atoms with Gasteiger partial charge in [0, 0.05) is 22.7 Å². The first-order chi connectivity index (χ1) is 8.00. The molecule has 1 atom stereocenters. The van der Waals surface area contributed by atoms with Crippen molar-refractivity contribution in [3.63, 3.8) is 0 Å². The first-order valence-corrected chi connectivity index (χ1v) is 7.16. The standard InChI is InChI=1S/C15H21NS.ClH/c1-9(2)14-7-16-11(4)6-13(14)15-12(5)10(3)8-17-15;/h7-9,13H,6H2,1-5H3;1H. The van der Waals surface area contributed by atoms with Gasteiger partial charge in [-0.3, -0.25) is 4.99 Å². The van der Waals surface area contributed by atoms with E-state index in [2.05, 4.69) is 51.2 Å². The zero-order chi connectivity index (χ0) is 12.6. The molecule has 1 aromatic heterocycles. The summed E-state index contributed by atoms with van der Waals surface area (Å²) in [5.41, 5.74) is 5.64. The number of thiophene rings is 1. The Hall–Kier alpha value is -0.600. The summed E-state index contributed by atoms with van der Waals surface area (Å²) in [7, 11) is 0. The molecule has 0 radical (unpaired) electrons. The summed E-state index contributed by atoms with van der Waals surface area (Å²) in [4.78, 5) is 6.04. The summed E-state index contributed by atoms with van der Waals surface area (Å²) in [6, 6.07) is 0. The molecule has 3 heteroatoms. The van der Waals surface area contributed by atoms with Gasteiger partial charge in [-0.15, -0.1) is 23.7 Å². The van der Waals surface area contributed by atoms with Crippen molar-refractivity contribution < 1.29 is 0 Å². The maximum atomic E-state index is 4.50. The van der Waals surface area contributed by atoms with E-state index in [9.17, 15) is 0 Å². The number of allylic oxidation sites excluding steroid dienone is 1. The van der Waals surface area contributed by atoms with Crippen molar-refractivity contribution in [1.82, 2.24) is 0 Å². The van der Waals surface area contributed by atoms with E-state index in [0.29, 0.717) is 11.8 Å². The van der Waals surface area contributed by atoms with Crippen LogP contribution in [0.1, 0.15) is 49.1 Å². The monoisotopic (exact) mass is 283 g/mol. The van der Waals surface area contributed by atoms with Crippen molar-refractivity contribution in [1.29, 1.82) is 0 Å². The van der Waals surface area contributed by atoms with E-state index in [1.807, 2.05) is 11.3 Å². The number of aryl methyl sites for hydroxylation is 1. The lowest BCUT2D eigenvalue weighted by Gasteiger charge is -2.25. The van der Waals surface area contributed by atoms with Crippen LogP contribution in [0.15, 0.2) is 22.1 Å². The molecule has 0 spiro atoms. The van der Waals surface area contributed by atoms with Crippen molar-refractivity contribution >= 4 is 29.5 Å². The number of hydrogen-bond acceptors (Lipinski definition) is 2. The van der Waals surface area contributed by atoms with E-state index in [1.54, 1.807) is 0 Å². The molecule has 0 bridgehead atoms. The smallest absolute Gasteiger partial charge is 0.0268 e. The summed E-state index contributed by atoms with van der Waals surface area (Å²) >= 11 is 1.91. The Labute approximate surface area is 120 Å². The van der Waals surface area contributed by atoms with Crippen LogP contribution < -0.4 is 0 Å². The van der Waals surface area contributed by atoms with E-state index in [0.717, 1.165) is 6.42 Å². The Kier molecular flexibility index (Phi) is 5.18. The highest BCUT2D eigenvalue weighted by atomic mass is 35.5. The Balaban J connectivity index is 0.00000162. The quantitative estimate of drug-likeness (QED) is 0.701. The van der Waals surface area contributed by atoms with Crippen LogP contribution in [-0.2, 0) is 0 Å². The molecule has 2 rings (SSSR count). The lowest BCUT2D eigenvalue weighted by atomic mass is 9.83. The minimum atomic E-state index is 0. The van der Waals surface area contributed by atoms with Crippen LogP contribution in [0, 0.1) is 19.8 Å². The third kappa shape index (κ3) is 2.86. The molecule has 0 saturated heterocycles. The summed E-state index contributed by atoms with van der Waals surface area (Å²) in [5, 5.41) is 2.28. The van der Waals surface area contributed by atoms with Gasteiger partial charge in [0.15, 0.2) is 0 Å². The molecule has 0 fully saturated rings. The highest BCUT2D eigenvalue weighted by Crippen LogP contribution is 2.40. The predicted octanol–water partition coefficient (Wildman–Crippen LogP) is 5.27. The molecular formula is C15H22ClNS. The molecule has 0 saturated carbocycles. The van der Waals surface area contributed by atoms with Crippen molar-refractivity contribution in [3.8, 4) is 0 Å². The predicted molar refractivity (Wildman–Crippen MR) is 84.4 cm³/mol. The molecular weight excluding hydrogens is 262 g/mol. The van der Waals surface area contributed by atoms with Gasteiger partial charge in [0.05, 0.1) is 0 Å². The zero-order valence-electron chi connectivity index (χ0n) is 11.8. The van der Waals surface area contributed by atoms with Gasteiger partial charge in [-0.2, -0.15) is 0 Å². The highest BCUT2D eigenvalue weighted by molar-refractivity contribution is 7.10. The van der Waals surface area contributed by atoms with Gasteiger partial charge in [0.25, 0.3) is 0 Å². The summed E-state index contributed by atoms with van der Waals surface area (Å²) in [6.45, 7) is 11.1. The minimum absolute atomic E-state index is 0. The third-order valence-corrected chi connectivity index (χ3v) is 4.96. The van der Waals surface area contributed by atoms with E-state index in [-0.39, 0.29) is 12.4 Å². The lowest BCUT2D eigenvalue weighted by Crippen LogP contribution is -2.14. The number of nitrogens with zero attached hydrogens (tertiary/aromatic N) is 1. The van der Waals surface area contributed by atoms with Gasteiger partial charge in [-0.1, -0.05) is 13.8 Å². The second kappa shape index (κ2) is 6.03. The number of halogens is 1. The average molecular weight is 284 g/mol. The van der Waals surface area contributed by atoms with Crippen LogP contribution in [0.4, 0.5) is 0 Å². The molecule has 1 aliphatic rings. The highest BCUT2D eigenvalue weighted by Gasteiger charge is 2.25. The van der Waals surface area contributed by atoms with Crippen LogP contribution in [0.5, 0.6) is 0 Å². The Bertz CT molecular complexity index is 483. The molecule has 0 aliphatic carbocycles. The van der Waals surface area contributed by atoms with Crippen molar-refractivity contribution in [2.75, 3.05) is 0 Å². The molecule has 0 N–H and O–H groups in total. The Morgan fingerprint density at radius 1 is 1.28 bits per heavy atom. The number of hydrogen-bond donors (Lipinski definition) is 0. The van der Waals surface area contributed by atoms with Gasteiger partial charge in [0.2, 0.25) is 0 Å². The Morgan fingerprint density at radius 2 is 1.94 bits per heavy atom. The topological polar surface area (TPSA) is 12.4 Å². The summed E-state index contributed by atoms with van der Waals surface area (Å²) in [5.74, 6) is 1.14. The van der Waals surface area contributed by atoms with Crippen LogP contribution >= 0.6 is 23.7 Å². The summed E-state index contributed by atoms with van der Waals surface area (Å²) in [6.07, 6.45) is 3.19. The minimum Gasteiger partial charge on any atom is -0.266 e. The molecule has 1 nitrogen and oxygen atoms in total. The van der Waals surface area contributed by atoms with Gasteiger partial charge in [-0.25, -0.2) is 0 Å². The molecule has 1 unspecified atom stereocenters. The van der Waals surface area contributed by atoms with Gasteiger partial charge < -0.3 is 0 Å². The Morgan fingerprint density at radius 3 is 2.44 bits per heavy atom. The molecule has 100 valence electrons. The van der Waals surface area contributed by atoms with E-state index in [1.165, 1.54) is 27.3 Å². The van der Waals surface area contributed by atoms with Crippen LogP contribution in [0.2, 0.25) is 0 Å². The molecule has 18 heavy (non-hydrogen) atoms. The maximum absolute atomic E-state index is 4.50. The largest absolute Gasteiger partial charge is 0.266 e. The fourth-order valence-corrected chi connectivity index (χ4v) is 3.60. The van der Waals surface area contributed by atoms with Crippen LogP contribution in [0.3, 0.4) is 0 Å². The molecule has 0 aromatic carbocycles. The first-order valence-electron chi connectivity index (χ1n) is 6.28. The van der Waals surface area contributed by atoms with Crippen molar-refractivity contribution in [2.45, 2.75) is 47.0 Å². The third-order valence-electron chi connectivity index (χ3n) is 3.64. The fourth-order valence-electron chi connectivity index (χ4n) is 2.40. The zero-order valence-corrected chi connectivity index (χ0v) is 13.4.